The molecular weight excluding hydrogens is 240 g/mol. The third kappa shape index (κ3) is 2.54. The fourth-order valence-corrected chi connectivity index (χ4v) is 2.28. The molecule has 1 nitrogen and oxygen atoms in total. The van der Waals surface area contributed by atoms with Gasteiger partial charge in [0.15, 0.2) is 5.78 Å². The van der Waals surface area contributed by atoms with Crippen molar-refractivity contribution in [3.8, 4) is 0 Å². The normalized spacial score (nSPS) is 11.5. The van der Waals surface area contributed by atoms with E-state index in [0.29, 0.717) is 11.1 Å². The Morgan fingerprint density at radius 3 is 2.56 bits per heavy atom. The van der Waals surface area contributed by atoms with E-state index in [1.807, 2.05) is 54.1 Å². The molecule has 18 heavy (non-hydrogen) atoms. The van der Waals surface area contributed by atoms with E-state index in [-0.39, 0.29) is 5.78 Å². The van der Waals surface area contributed by atoms with Crippen molar-refractivity contribution in [2.24, 2.45) is 0 Å². The van der Waals surface area contributed by atoms with Crippen LogP contribution in [0.25, 0.3) is 10.8 Å². The van der Waals surface area contributed by atoms with Crippen molar-refractivity contribution < 1.29 is 4.79 Å². The van der Waals surface area contributed by atoms with Crippen molar-refractivity contribution in [3.05, 3.63) is 71.7 Å². The van der Waals surface area contributed by atoms with E-state index in [4.69, 9.17) is 0 Å². The second-order valence-corrected chi connectivity index (χ2v) is 4.61. The third-order valence-electron chi connectivity index (χ3n) is 2.74. The zero-order valence-electron chi connectivity index (χ0n) is 10.2. The molecule has 0 aliphatic rings. The first-order valence-electron chi connectivity index (χ1n) is 5.65. The van der Waals surface area contributed by atoms with Gasteiger partial charge in [-0.3, -0.25) is 4.79 Å². The minimum atomic E-state index is 0.0186. The summed E-state index contributed by atoms with van der Waals surface area (Å²) < 4.78 is 0. The monoisotopic (exact) mass is 254 g/mol. The number of hydrogen-bond acceptors (Lipinski definition) is 2. The molecule has 0 amide bonds. The van der Waals surface area contributed by atoms with Gasteiger partial charge in [-0.1, -0.05) is 49.1 Å². The number of thioether (sulfide) groups is 1. The van der Waals surface area contributed by atoms with Crippen LogP contribution in [-0.4, -0.2) is 12.0 Å². The summed E-state index contributed by atoms with van der Waals surface area (Å²) in [6, 6.07) is 13.8. The molecule has 0 aliphatic carbocycles. The van der Waals surface area contributed by atoms with Crippen LogP contribution in [0.4, 0.5) is 0 Å². The van der Waals surface area contributed by atoms with Gasteiger partial charge in [0.2, 0.25) is 0 Å². The number of rotatable bonds is 4. The molecule has 2 aromatic carbocycles. The smallest absolute Gasteiger partial charge is 0.193 e. The van der Waals surface area contributed by atoms with E-state index in [1.54, 1.807) is 6.08 Å². The van der Waals surface area contributed by atoms with Gasteiger partial charge in [-0.15, -0.1) is 11.8 Å². The summed E-state index contributed by atoms with van der Waals surface area (Å²) >= 11 is 1.51. The largest absolute Gasteiger partial charge is 0.289 e. The Hall–Kier alpha value is -1.80. The highest BCUT2D eigenvalue weighted by atomic mass is 32.2. The summed E-state index contributed by atoms with van der Waals surface area (Å²) in [7, 11) is 0. The maximum atomic E-state index is 12.3. The molecular formula is C16H14OS. The lowest BCUT2D eigenvalue weighted by atomic mass is 10.0. The van der Waals surface area contributed by atoms with E-state index in [1.165, 1.54) is 11.8 Å². The van der Waals surface area contributed by atoms with Crippen molar-refractivity contribution in [1.29, 1.82) is 0 Å². The fraction of sp³-hybridized carbons (Fsp3) is 0.0625. The summed E-state index contributed by atoms with van der Waals surface area (Å²) in [4.78, 5) is 12.3. The summed E-state index contributed by atoms with van der Waals surface area (Å²) in [5, 5.41) is 4.05. The van der Waals surface area contributed by atoms with Gasteiger partial charge >= 0.3 is 0 Å². The molecule has 0 unspecified atom stereocenters. The van der Waals surface area contributed by atoms with Gasteiger partial charge in [-0.2, -0.15) is 0 Å². The van der Waals surface area contributed by atoms with Crippen LogP contribution in [0, 0.1) is 0 Å². The fourth-order valence-electron chi connectivity index (χ4n) is 1.82. The highest BCUT2D eigenvalue weighted by molar-refractivity contribution is 8.01. The molecule has 0 spiro atoms. The average Bonchev–Trinajstić information content (AvgIpc) is 2.43. The molecule has 90 valence electrons. The van der Waals surface area contributed by atoms with Gasteiger partial charge in [0.1, 0.15) is 0 Å². The molecule has 2 rings (SSSR count). The number of benzene rings is 2. The molecule has 0 heterocycles. The van der Waals surface area contributed by atoms with Crippen LogP contribution in [0.5, 0.6) is 0 Å². The van der Waals surface area contributed by atoms with Gasteiger partial charge in [0.05, 0.1) is 0 Å². The molecule has 0 radical (unpaired) electrons. The van der Waals surface area contributed by atoms with Crippen molar-refractivity contribution in [3.63, 3.8) is 0 Å². The summed E-state index contributed by atoms with van der Waals surface area (Å²) in [6.07, 6.45) is 3.53. The molecule has 0 N–H and O–H groups in total. The summed E-state index contributed by atoms with van der Waals surface area (Å²) in [5.74, 6) is 0.0186. The summed E-state index contributed by atoms with van der Waals surface area (Å²) in [6.45, 7) is 3.69. The molecule has 0 aliphatic heterocycles. The first-order chi connectivity index (χ1) is 8.76. The van der Waals surface area contributed by atoms with E-state index >= 15 is 0 Å². The quantitative estimate of drug-likeness (QED) is 0.455. The number of hydrogen-bond donors (Lipinski definition) is 0. The number of Topliss-reactive ketones (excluding diaryl/α,β-unsaturated/α-hetero) is 1. The maximum absolute atomic E-state index is 12.3. The molecule has 0 fully saturated rings. The lowest BCUT2D eigenvalue weighted by molar-refractivity contribution is 0.103. The van der Waals surface area contributed by atoms with Crippen LogP contribution in [0.1, 0.15) is 10.4 Å². The highest BCUT2D eigenvalue weighted by Crippen LogP contribution is 2.19. The van der Waals surface area contributed by atoms with Gasteiger partial charge in [0.25, 0.3) is 0 Å². The van der Waals surface area contributed by atoms with E-state index in [0.717, 1.165) is 10.8 Å². The SMILES string of the molecule is C=C/C(=C\SC)C(=O)c1ccc2ccccc2c1. The summed E-state index contributed by atoms with van der Waals surface area (Å²) in [5.41, 5.74) is 1.34. The Morgan fingerprint density at radius 1 is 1.17 bits per heavy atom. The van der Waals surface area contributed by atoms with E-state index in [9.17, 15) is 4.79 Å². The third-order valence-corrected chi connectivity index (χ3v) is 3.23. The van der Waals surface area contributed by atoms with Gasteiger partial charge in [-0.25, -0.2) is 0 Å². The van der Waals surface area contributed by atoms with Crippen LogP contribution in [0.3, 0.4) is 0 Å². The highest BCUT2D eigenvalue weighted by Gasteiger charge is 2.09. The molecule has 0 saturated carbocycles. The predicted octanol–water partition coefficient (Wildman–Crippen LogP) is 4.46. The molecule has 0 atom stereocenters. The molecule has 2 heteroatoms. The van der Waals surface area contributed by atoms with E-state index in [2.05, 4.69) is 6.58 Å². The maximum Gasteiger partial charge on any atom is 0.193 e. The van der Waals surface area contributed by atoms with Crippen molar-refractivity contribution in [1.82, 2.24) is 0 Å². The average molecular weight is 254 g/mol. The Morgan fingerprint density at radius 2 is 1.89 bits per heavy atom. The predicted molar refractivity (Wildman–Crippen MR) is 80.1 cm³/mol. The Kier molecular flexibility index (Phi) is 4.00. The topological polar surface area (TPSA) is 17.1 Å². The Balaban J connectivity index is 2.45. The second-order valence-electron chi connectivity index (χ2n) is 3.90. The zero-order valence-corrected chi connectivity index (χ0v) is 11.0. The van der Waals surface area contributed by atoms with E-state index < -0.39 is 0 Å². The number of fused-ring (bicyclic) bond motifs is 1. The molecule has 0 saturated heterocycles. The number of carbonyl (C=O) groups excluding carboxylic acids is 1. The van der Waals surface area contributed by atoms with Crippen LogP contribution < -0.4 is 0 Å². The van der Waals surface area contributed by atoms with Crippen LogP contribution in [0.15, 0.2) is 66.1 Å². The van der Waals surface area contributed by atoms with Crippen molar-refractivity contribution >= 4 is 28.3 Å². The van der Waals surface area contributed by atoms with Crippen LogP contribution in [0.2, 0.25) is 0 Å². The van der Waals surface area contributed by atoms with Crippen molar-refractivity contribution in [2.45, 2.75) is 0 Å². The first-order valence-corrected chi connectivity index (χ1v) is 6.94. The number of allylic oxidation sites excluding steroid dienone is 2. The molecule has 2 aromatic rings. The van der Waals surface area contributed by atoms with Gasteiger partial charge in [-0.05, 0) is 28.5 Å². The van der Waals surface area contributed by atoms with Gasteiger partial charge < -0.3 is 0 Å². The lowest BCUT2D eigenvalue weighted by Gasteiger charge is -2.03. The van der Waals surface area contributed by atoms with Crippen LogP contribution >= 0.6 is 11.8 Å². The molecule has 0 bridgehead atoms. The van der Waals surface area contributed by atoms with Gasteiger partial charge in [0, 0.05) is 11.1 Å². The lowest BCUT2D eigenvalue weighted by Crippen LogP contribution is -2.00. The minimum absolute atomic E-state index is 0.0186. The zero-order chi connectivity index (χ0) is 13.0. The Bertz CT molecular complexity index is 626. The first kappa shape index (κ1) is 12.7. The molecule has 0 aromatic heterocycles. The second kappa shape index (κ2) is 5.69. The number of carbonyl (C=O) groups is 1. The Labute approximate surface area is 111 Å². The standard InChI is InChI=1S/C16H14OS/c1-3-12(11-18-2)16(17)15-9-8-13-6-4-5-7-14(13)10-15/h3-11H,1H2,2H3/b12-11+. The minimum Gasteiger partial charge on any atom is -0.289 e. The van der Waals surface area contributed by atoms with Crippen LogP contribution in [-0.2, 0) is 0 Å². The van der Waals surface area contributed by atoms with Crippen molar-refractivity contribution in [2.75, 3.05) is 6.26 Å². The number of ketones is 1.